The van der Waals surface area contributed by atoms with E-state index < -0.39 is 24.3 Å². The van der Waals surface area contributed by atoms with E-state index in [1.54, 1.807) is 7.05 Å². The van der Waals surface area contributed by atoms with E-state index in [4.69, 9.17) is 9.15 Å². The zero-order chi connectivity index (χ0) is 21.2. The first-order valence-corrected chi connectivity index (χ1v) is 8.94. The highest BCUT2D eigenvalue weighted by atomic mass is 31.0. The van der Waals surface area contributed by atoms with Gasteiger partial charge in [0, 0.05) is 12.6 Å². The van der Waals surface area contributed by atoms with Crippen LogP contribution in [0.2, 0.25) is 0 Å². The molecule has 10 nitrogen and oxygen atoms in total. The number of alkyl carbamates (subject to hydrolysis) is 1. The van der Waals surface area contributed by atoms with E-state index in [0.717, 1.165) is 10.9 Å². The number of nitrogens with zero attached hydrogens (tertiary/aromatic N) is 2. The van der Waals surface area contributed by atoms with Crippen molar-refractivity contribution in [3.63, 3.8) is 0 Å². The van der Waals surface area contributed by atoms with Gasteiger partial charge in [0.15, 0.2) is 6.61 Å². The van der Waals surface area contributed by atoms with Crippen molar-refractivity contribution in [1.29, 1.82) is 0 Å². The van der Waals surface area contributed by atoms with Crippen LogP contribution >= 0.6 is 9.24 Å². The Morgan fingerprint density at radius 3 is 2.62 bits per heavy atom. The number of ketones is 1. The molecule has 1 atom stereocenters. The third-order valence-electron chi connectivity index (χ3n) is 3.40. The van der Waals surface area contributed by atoms with E-state index in [2.05, 4.69) is 42.0 Å². The van der Waals surface area contributed by atoms with Crippen LogP contribution in [0.4, 0.5) is 4.79 Å². The quantitative estimate of drug-likeness (QED) is 0.303. The molecule has 1 unspecified atom stereocenters. The highest BCUT2D eigenvalue weighted by Gasteiger charge is 2.16. The second kappa shape index (κ2) is 10.7. The van der Waals surface area contributed by atoms with Gasteiger partial charge in [-0.15, -0.1) is 19.4 Å². The van der Waals surface area contributed by atoms with Crippen LogP contribution in [0.5, 0.6) is 0 Å². The van der Waals surface area contributed by atoms with Gasteiger partial charge in [0.2, 0.25) is 11.7 Å². The van der Waals surface area contributed by atoms with Crippen molar-refractivity contribution in [3.05, 3.63) is 54.7 Å². The molecule has 2 aromatic rings. The molecule has 1 heterocycles. The summed E-state index contributed by atoms with van der Waals surface area (Å²) < 4.78 is 10.3. The van der Waals surface area contributed by atoms with Crippen LogP contribution in [0.3, 0.4) is 0 Å². The number of hydrogen-bond donors (Lipinski definition) is 3. The summed E-state index contributed by atoms with van der Waals surface area (Å²) in [5, 5.41) is 15.9. The predicted octanol–water partition coefficient (Wildman–Crippen LogP) is 0.395. The number of allylic oxidation sites excluding steroid dienone is 2. The lowest BCUT2D eigenvalue weighted by Crippen LogP contribution is -2.40. The lowest BCUT2D eigenvalue weighted by molar-refractivity contribution is -0.136. The van der Waals surface area contributed by atoms with Gasteiger partial charge < -0.3 is 25.1 Å². The zero-order valence-electron chi connectivity index (χ0n) is 15.6. The number of hydrogen-bond acceptors (Lipinski definition) is 8. The monoisotopic (exact) mass is 417 g/mol. The van der Waals surface area contributed by atoms with Crippen molar-refractivity contribution >= 4 is 32.3 Å². The number of ether oxygens (including phenoxy) is 1. The van der Waals surface area contributed by atoms with Crippen LogP contribution in [-0.2, 0) is 20.9 Å². The number of aromatic nitrogens is 2. The number of Topliss-reactive ketones (excluding diaryl/α,β-unsaturated/α-hetero) is 1. The van der Waals surface area contributed by atoms with Crippen molar-refractivity contribution in [1.82, 2.24) is 26.1 Å². The molecular formula is C18H20N5O5P. The lowest BCUT2D eigenvalue weighted by Gasteiger charge is -2.08. The van der Waals surface area contributed by atoms with Gasteiger partial charge in [0.1, 0.15) is 5.82 Å². The summed E-state index contributed by atoms with van der Waals surface area (Å²) in [6, 6.07) is 7.36. The number of nitrogens with one attached hydrogen (secondary N) is 3. The van der Waals surface area contributed by atoms with Crippen molar-refractivity contribution in [2.75, 3.05) is 13.6 Å². The first-order chi connectivity index (χ1) is 13.9. The van der Waals surface area contributed by atoms with Crippen molar-refractivity contribution in [2.24, 2.45) is 0 Å². The molecule has 152 valence electrons. The van der Waals surface area contributed by atoms with Crippen molar-refractivity contribution < 1.29 is 23.5 Å². The molecule has 0 spiro atoms. The molecule has 11 heteroatoms. The molecule has 1 aromatic carbocycles. The summed E-state index contributed by atoms with van der Waals surface area (Å²) in [6.45, 7) is 2.66. The maximum absolute atomic E-state index is 11.8. The number of amides is 2. The fraction of sp³-hybridized carbons (Fsp3) is 0.167. The van der Waals surface area contributed by atoms with Gasteiger partial charge in [-0.1, -0.05) is 24.8 Å². The van der Waals surface area contributed by atoms with Crippen LogP contribution < -0.4 is 21.3 Å². The maximum Gasteiger partial charge on any atom is 0.408 e. The highest BCUT2D eigenvalue weighted by Crippen LogP contribution is 2.17. The van der Waals surface area contributed by atoms with Crippen LogP contribution in [0, 0.1) is 0 Å². The van der Waals surface area contributed by atoms with Crippen molar-refractivity contribution in [2.45, 2.75) is 6.61 Å². The summed E-state index contributed by atoms with van der Waals surface area (Å²) in [5.41, 5.74) is 0.724. The van der Waals surface area contributed by atoms with E-state index in [1.165, 1.54) is 12.2 Å². The molecule has 0 aliphatic carbocycles. The minimum absolute atomic E-state index is 0.0855. The van der Waals surface area contributed by atoms with Gasteiger partial charge in [-0.25, -0.2) is 4.79 Å². The van der Waals surface area contributed by atoms with Crippen LogP contribution in [0.25, 0.3) is 11.5 Å². The molecule has 0 aliphatic heterocycles. The Kier molecular flexibility index (Phi) is 8.05. The van der Waals surface area contributed by atoms with E-state index >= 15 is 0 Å². The van der Waals surface area contributed by atoms with Gasteiger partial charge >= 0.3 is 6.09 Å². The molecule has 1 aromatic heterocycles. The molecule has 0 radical (unpaired) electrons. The summed E-state index contributed by atoms with van der Waals surface area (Å²) in [6.07, 6.45) is 2.00. The van der Waals surface area contributed by atoms with Crippen molar-refractivity contribution in [3.8, 4) is 11.5 Å². The van der Waals surface area contributed by atoms with Gasteiger partial charge in [-0.05, 0) is 23.5 Å². The largest absolute Gasteiger partial charge is 0.439 e. The Morgan fingerprint density at radius 2 is 1.97 bits per heavy atom. The second-order valence-electron chi connectivity index (χ2n) is 5.50. The van der Waals surface area contributed by atoms with E-state index in [1.807, 2.05) is 24.3 Å². The minimum Gasteiger partial charge on any atom is -0.439 e. The predicted molar refractivity (Wildman–Crippen MR) is 108 cm³/mol. The normalized spacial score (nSPS) is 10.8. The average molecular weight is 417 g/mol. The Bertz CT molecular complexity index is 923. The molecule has 0 saturated heterocycles. The minimum atomic E-state index is -0.909. The Balaban J connectivity index is 1.78. The van der Waals surface area contributed by atoms with Gasteiger partial charge in [0.05, 0.1) is 6.54 Å². The van der Waals surface area contributed by atoms with Crippen LogP contribution in [0.1, 0.15) is 5.89 Å². The molecule has 2 rings (SSSR count). The summed E-state index contributed by atoms with van der Waals surface area (Å²) in [4.78, 5) is 35.2. The average Bonchev–Trinajstić information content (AvgIpc) is 3.19. The molecule has 29 heavy (non-hydrogen) atoms. The Hall–Kier alpha value is -3.52. The van der Waals surface area contributed by atoms with Gasteiger partial charge in [-0.2, -0.15) is 0 Å². The molecule has 0 saturated carbocycles. The molecule has 3 N–H and O–H groups in total. The highest BCUT2D eigenvalue weighted by molar-refractivity contribution is 7.27. The number of carbonyl (C=O) groups is 3. The first-order valence-electron chi connectivity index (χ1n) is 8.36. The zero-order valence-corrected chi connectivity index (χ0v) is 16.8. The fourth-order valence-electron chi connectivity index (χ4n) is 1.96. The van der Waals surface area contributed by atoms with E-state index in [9.17, 15) is 14.4 Å². The molecule has 0 aliphatic rings. The first kappa shape index (κ1) is 21.8. The van der Waals surface area contributed by atoms with E-state index in [0.29, 0.717) is 5.82 Å². The number of benzene rings is 1. The van der Waals surface area contributed by atoms with Crippen LogP contribution in [-0.4, -0.2) is 41.6 Å². The van der Waals surface area contributed by atoms with E-state index in [-0.39, 0.29) is 18.4 Å². The number of rotatable bonds is 9. The molecular weight excluding hydrogens is 397 g/mol. The van der Waals surface area contributed by atoms with Gasteiger partial charge in [-0.3, -0.25) is 9.59 Å². The smallest absolute Gasteiger partial charge is 0.408 e. The Morgan fingerprint density at radius 1 is 1.24 bits per heavy atom. The second-order valence-corrected chi connectivity index (χ2v) is 6.16. The SMILES string of the molecule is C=C/C=C(\NC)NC(=O)C(=O)CNC(=O)OCc1nnc(-c2ccc(P)cc2)o1. The maximum atomic E-state index is 11.8. The molecule has 0 bridgehead atoms. The Labute approximate surface area is 169 Å². The standard InChI is InChI=1S/C18H20N5O5P/c1-3-4-14(19-2)21-16(25)13(24)9-20-18(26)27-10-15-22-23-17(28-15)11-5-7-12(29)8-6-11/h3-8,19H,1,9-10,29H2,2H3,(H,20,26)(H,21,25)/b14-4+. The summed E-state index contributed by atoms with van der Waals surface area (Å²) >= 11 is 0. The van der Waals surface area contributed by atoms with Crippen LogP contribution in [0.15, 0.2) is 53.2 Å². The topological polar surface area (TPSA) is 135 Å². The number of carbonyl (C=O) groups excluding carboxylic acids is 3. The molecule has 2 amide bonds. The third kappa shape index (κ3) is 6.86. The summed E-state index contributed by atoms with van der Waals surface area (Å²) in [7, 11) is 4.13. The third-order valence-corrected chi connectivity index (χ3v) is 3.78. The van der Waals surface area contributed by atoms with Gasteiger partial charge in [0.25, 0.3) is 11.8 Å². The molecule has 0 fully saturated rings. The fourth-order valence-corrected chi connectivity index (χ4v) is 2.16. The lowest BCUT2D eigenvalue weighted by atomic mass is 10.2. The summed E-state index contributed by atoms with van der Waals surface area (Å²) in [5.74, 6) is -1.09.